The number of amides is 1. The fraction of sp³-hybridized carbons (Fsp3) is 0.278. The molecule has 1 atom stereocenters. The lowest BCUT2D eigenvalue weighted by atomic mass is 10.1. The van der Waals surface area contributed by atoms with Gasteiger partial charge in [-0.15, -0.1) is 0 Å². The van der Waals surface area contributed by atoms with Crippen LogP contribution in [0.4, 0.5) is 22.7 Å². The topological polar surface area (TPSA) is 153 Å². The van der Waals surface area contributed by atoms with Crippen molar-refractivity contribution < 1.29 is 23.1 Å². The van der Waals surface area contributed by atoms with E-state index in [1.165, 1.54) is 36.4 Å². The van der Waals surface area contributed by atoms with Crippen LogP contribution in [0.2, 0.25) is 0 Å². The summed E-state index contributed by atoms with van der Waals surface area (Å²) in [5.41, 5.74) is 0.114. The Hall–Kier alpha value is -3.54. The molecule has 0 aliphatic heterocycles. The van der Waals surface area contributed by atoms with Crippen molar-refractivity contribution >= 4 is 38.7 Å². The quantitative estimate of drug-likeness (QED) is 0.493. The Balaban J connectivity index is 2.47. The first kappa shape index (κ1) is 22.7. The van der Waals surface area contributed by atoms with Gasteiger partial charge in [-0.2, -0.15) is 0 Å². The lowest BCUT2D eigenvalue weighted by molar-refractivity contribution is -0.385. The van der Waals surface area contributed by atoms with E-state index >= 15 is 0 Å². The van der Waals surface area contributed by atoms with Gasteiger partial charge in [0, 0.05) is 24.3 Å². The van der Waals surface area contributed by atoms with E-state index in [0.717, 1.165) is 16.6 Å². The molecule has 2 aromatic carbocycles. The number of hydrogen-bond donors (Lipinski definition) is 1. The Labute approximate surface area is 172 Å². The Bertz CT molecular complexity index is 1100. The second-order valence-electron chi connectivity index (χ2n) is 6.51. The summed E-state index contributed by atoms with van der Waals surface area (Å²) in [6.07, 6.45) is 0.940. The van der Waals surface area contributed by atoms with Crippen LogP contribution < -0.4 is 9.62 Å². The van der Waals surface area contributed by atoms with Gasteiger partial charge < -0.3 is 5.32 Å². The average Bonchev–Trinajstić information content (AvgIpc) is 2.66. The van der Waals surface area contributed by atoms with Crippen LogP contribution in [0.25, 0.3) is 0 Å². The molecular weight excluding hydrogens is 416 g/mol. The smallest absolute Gasteiger partial charge is 0.271 e. The molecule has 0 fully saturated rings. The van der Waals surface area contributed by atoms with Gasteiger partial charge in [0.05, 0.1) is 27.5 Å². The minimum Gasteiger partial charge on any atom is -0.324 e. The van der Waals surface area contributed by atoms with Crippen LogP contribution in [0, 0.1) is 27.2 Å². The van der Waals surface area contributed by atoms with E-state index < -0.39 is 31.8 Å². The molecule has 2 aromatic rings. The highest BCUT2D eigenvalue weighted by molar-refractivity contribution is 7.92. The first-order valence-corrected chi connectivity index (χ1v) is 10.6. The van der Waals surface area contributed by atoms with Crippen LogP contribution in [0.1, 0.15) is 18.9 Å². The van der Waals surface area contributed by atoms with Crippen LogP contribution in [0.5, 0.6) is 0 Å². The number of non-ortho nitro benzene ring substituents is 2. The highest BCUT2D eigenvalue weighted by Crippen LogP contribution is 2.28. The second-order valence-corrected chi connectivity index (χ2v) is 8.36. The summed E-state index contributed by atoms with van der Waals surface area (Å²) >= 11 is 0. The Morgan fingerprint density at radius 1 is 1.10 bits per heavy atom. The monoisotopic (exact) mass is 436 g/mol. The normalized spacial score (nSPS) is 12.1. The summed E-state index contributed by atoms with van der Waals surface area (Å²) in [6.45, 7) is 3.22. The van der Waals surface area contributed by atoms with Crippen LogP contribution in [-0.4, -0.2) is 36.5 Å². The number of carbonyl (C=O) groups is 1. The SMILES string of the molecule is CCC(C(=O)Nc1cc([N+](=O)[O-])ccc1C)N(c1cccc([N+](=O)[O-])c1)S(C)(=O)=O. The minimum atomic E-state index is -4.00. The number of nitro benzene ring substituents is 2. The van der Waals surface area contributed by atoms with Gasteiger partial charge in [-0.3, -0.25) is 29.3 Å². The summed E-state index contributed by atoms with van der Waals surface area (Å²) in [7, 11) is -4.00. The van der Waals surface area contributed by atoms with Gasteiger partial charge in [0.25, 0.3) is 11.4 Å². The lowest BCUT2D eigenvalue weighted by Crippen LogP contribution is -2.47. The zero-order valence-electron chi connectivity index (χ0n) is 16.4. The number of sulfonamides is 1. The van der Waals surface area contributed by atoms with E-state index in [-0.39, 0.29) is 29.2 Å². The number of nitrogens with one attached hydrogen (secondary N) is 1. The fourth-order valence-corrected chi connectivity index (χ4v) is 4.08. The molecule has 1 unspecified atom stereocenters. The first-order chi connectivity index (χ1) is 14.0. The highest BCUT2D eigenvalue weighted by Gasteiger charge is 2.32. The Morgan fingerprint density at radius 3 is 2.23 bits per heavy atom. The maximum Gasteiger partial charge on any atom is 0.271 e. The number of hydrogen-bond acceptors (Lipinski definition) is 7. The van der Waals surface area contributed by atoms with Crippen molar-refractivity contribution in [1.29, 1.82) is 0 Å². The molecule has 0 aliphatic rings. The van der Waals surface area contributed by atoms with Gasteiger partial charge in [0.2, 0.25) is 15.9 Å². The number of benzene rings is 2. The molecule has 0 heterocycles. The van der Waals surface area contributed by atoms with E-state index in [0.29, 0.717) is 5.56 Å². The summed E-state index contributed by atoms with van der Waals surface area (Å²) in [5.74, 6) is -0.724. The molecule has 11 nitrogen and oxygen atoms in total. The summed E-state index contributed by atoms with van der Waals surface area (Å²) < 4.78 is 25.7. The molecule has 0 saturated carbocycles. The molecule has 1 amide bonds. The van der Waals surface area contributed by atoms with Crippen molar-refractivity contribution in [2.75, 3.05) is 15.9 Å². The second kappa shape index (κ2) is 8.86. The number of nitrogens with zero attached hydrogens (tertiary/aromatic N) is 3. The predicted octanol–water partition coefficient (Wildman–Crippen LogP) is 2.99. The zero-order chi connectivity index (χ0) is 22.6. The zero-order valence-corrected chi connectivity index (χ0v) is 17.3. The molecule has 0 spiro atoms. The van der Waals surface area contributed by atoms with Gasteiger partial charge in [-0.05, 0) is 25.0 Å². The van der Waals surface area contributed by atoms with Crippen molar-refractivity contribution in [3.63, 3.8) is 0 Å². The van der Waals surface area contributed by atoms with E-state index in [2.05, 4.69) is 5.32 Å². The van der Waals surface area contributed by atoms with E-state index in [1.54, 1.807) is 13.8 Å². The van der Waals surface area contributed by atoms with Gasteiger partial charge in [0.1, 0.15) is 6.04 Å². The molecule has 1 N–H and O–H groups in total. The first-order valence-electron chi connectivity index (χ1n) is 8.75. The maximum atomic E-state index is 12.9. The van der Waals surface area contributed by atoms with Crippen molar-refractivity contribution in [3.05, 3.63) is 68.3 Å². The van der Waals surface area contributed by atoms with E-state index in [4.69, 9.17) is 0 Å². The number of anilines is 2. The van der Waals surface area contributed by atoms with E-state index in [1.807, 2.05) is 0 Å². The minimum absolute atomic E-state index is 0.0375. The van der Waals surface area contributed by atoms with E-state index in [9.17, 15) is 33.4 Å². The Kier molecular flexibility index (Phi) is 6.72. The molecule has 30 heavy (non-hydrogen) atoms. The molecule has 160 valence electrons. The maximum absolute atomic E-state index is 12.9. The lowest BCUT2D eigenvalue weighted by Gasteiger charge is -2.30. The third-order valence-electron chi connectivity index (χ3n) is 4.31. The predicted molar refractivity (Wildman–Crippen MR) is 111 cm³/mol. The number of aryl methyl sites for hydroxylation is 1. The van der Waals surface area contributed by atoms with Gasteiger partial charge in [0.15, 0.2) is 0 Å². The van der Waals surface area contributed by atoms with Crippen LogP contribution in [0.15, 0.2) is 42.5 Å². The summed E-state index contributed by atoms with van der Waals surface area (Å²) in [5, 5.41) is 24.6. The molecule has 0 saturated heterocycles. The van der Waals surface area contributed by atoms with Crippen LogP contribution >= 0.6 is 0 Å². The van der Waals surface area contributed by atoms with Crippen molar-refractivity contribution in [2.45, 2.75) is 26.3 Å². The van der Waals surface area contributed by atoms with Crippen molar-refractivity contribution in [3.8, 4) is 0 Å². The summed E-state index contributed by atoms with van der Waals surface area (Å²) in [4.78, 5) is 33.7. The summed E-state index contributed by atoms with van der Waals surface area (Å²) in [6, 6.07) is 7.63. The fourth-order valence-electron chi connectivity index (χ4n) is 2.88. The standard InChI is InChI=1S/C18H20N4O7S/c1-4-17(18(23)19-16-11-15(22(26)27)9-8-12(16)2)20(30(3,28)29)13-6-5-7-14(10-13)21(24)25/h5-11,17H,4H2,1-3H3,(H,19,23). The molecule has 12 heteroatoms. The molecular formula is C18H20N4O7S. The third-order valence-corrected chi connectivity index (χ3v) is 5.49. The number of nitro groups is 2. The van der Waals surface area contributed by atoms with Gasteiger partial charge in [-0.1, -0.05) is 19.1 Å². The Morgan fingerprint density at radius 2 is 1.70 bits per heavy atom. The van der Waals surface area contributed by atoms with Crippen molar-refractivity contribution in [1.82, 2.24) is 0 Å². The molecule has 0 aliphatic carbocycles. The third kappa shape index (κ3) is 5.08. The molecule has 0 aromatic heterocycles. The molecule has 0 radical (unpaired) electrons. The average molecular weight is 436 g/mol. The number of carbonyl (C=O) groups excluding carboxylic acids is 1. The van der Waals surface area contributed by atoms with Crippen LogP contribution in [-0.2, 0) is 14.8 Å². The highest BCUT2D eigenvalue weighted by atomic mass is 32.2. The van der Waals surface area contributed by atoms with Gasteiger partial charge >= 0.3 is 0 Å². The largest absolute Gasteiger partial charge is 0.324 e. The molecule has 0 bridgehead atoms. The van der Waals surface area contributed by atoms with Crippen LogP contribution in [0.3, 0.4) is 0 Å². The van der Waals surface area contributed by atoms with Crippen molar-refractivity contribution in [2.24, 2.45) is 0 Å². The number of rotatable bonds is 8. The molecule has 2 rings (SSSR count). The van der Waals surface area contributed by atoms with Gasteiger partial charge in [-0.25, -0.2) is 8.42 Å².